The predicted octanol–water partition coefficient (Wildman–Crippen LogP) is 5.28. The summed E-state index contributed by atoms with van der Waals surface area (Å²) < 4.78 is 0. The Balaban J connectivity index is 2.21. The number of rotatable bonds is 7. The van der Waals surface area contributed by atoms with E-state index in [9.17, 15) is 0 Å². The minimum Gasteiger partial charge on any atom is -0.110 e. The summed E-state index contributed by atoms with van der Waals surface area (Å²) in [6.07, 6.45) is 15.3. The molecule has 1 heteroatoms. The van der Waals surface area contributed by atoms with Crippen molar-refractivity contribution >= 4 is 7.92 Å². The number of hydrogen-bond donors (Lipinski definition) is 0. The molecule has 0 nitrogen and oxygen atoms in total. The van der Waals surface area contributed by atoms with Gasteiger partial charge in [0.15, 0.2) is 0 Å². The molecule has 16 heavy (non-hydrogen) atoms. The van der Waals surface area contributed by atoms with E-state index in [0.29, 0.717) is 7.92 Å². The average molecular weight is 240 g/mol. The van der Waals surface area contributed by atoms with Gasteiger partial charge in [0.25, 0.3) is 0 Å². The first-order chi connectivity index (χ1) is 7.77. The SMILES string of the molecule is C=CC1CCCCC1CCP(C)CCCC. The van der Waals surface area contributed by atoms with Gasteiger partial charge in [-0.3, -0.25) is 0 Å². The van der Waals surface area contributed by atoms with Crippen LogP contribution in [-0.4, -0.2) is 19.0 Å². The molecule has 3 unspecified atom stereocenters. The van der Waals surface area contributed by atoms with E-state index in [1.54, 1.807) is 0 Å². The molecule has 94 valence electrons. The zero-order valence-electron chi connectivity index (χ0n) is 11.3. The summed E-state index contributed by atoms with van der Waals surface area (Å²) in [6, 6.07) is 0. The zero-order valence-corrected chi connectivity index (χ0v) is 12.1. The Hall–Kier alpha value is 0.170. The van der Waals surface area contributed by atoms with E-state index in [1.165, 1.54) is 57.3 Å². The molecule has 0 aromatic carbocycles. The van der Waals surface area contributed by atoms with Crippen LogP contribution < -0.4 is 0 Å². The Labute approximate surface area is 104 Å². The molecule has 1 fully saturated rings. The van der Waals surface area contributed by atoms with Crippen molar-refractivity contribution in [3.8, 4) is 0 Å². The first-order valence-electron chi connectivity index (χ1n) is 7.09. The van der Waals surface area contributed by atoms with E-state index < -0.39 is 0 Å². The Morgan fingerprint density at radius 2 is 2.00 bits per heavy atom. The molecule has 1 aliphatic carbocycles. The van der Waals surface area contributed by atoms with Crippen molar-refractivity contribution in [2.75, 3.05) is 19.0 Å². The maximum absolute atomic E-state index is 4.02. The third-order valence-electron chi connectivity index (χ3n) is 4.05. The lowest BCUT2D eigenvalue weighted by Gasteiger charge is -2.30. The number of allylic oxidation sites excluding steroid dienone is 1. The molecular formula is C15H29P. The van der Waals surface area contributed by atoms with Crippen molar-refractivity contribution in [2.45, 2.75) is 51.9 Å². The highest BCUT2D eigenvalue weighted by molar-refractivity contribution is 7.56. The summed E-state index contributed by atoms with van der Waals surface area (Å²) in [6.45, 7) is 8.82. The van der Waals surface area contributed by atoms with Crippen LogP contribution in [0.25, 0.3) is 0 Å². The van der Waals surface area contributed by atoms with Crippen LogP contribution in [0.15, 0.2) is 12.7 Å². The average Bonchev–Trinajstić information content (AvgIpc) is 2.34. The molecule has 0 N–H and O–H groups in total. The summed E-state index contributed by atoms with van der Waals surface area (Å²) >= 11 is 0. The smallest absolute Gasteiger partial charge is 0.0208 e. The van der Waals surface area contributed by atoms with Gasteiger partial charge in [0.05, 0.1) is 0 Å². The molecule has 0 aromatic heterocycles. The molecule has 0 aromatic rings. The van der Waals surface area contributed by atoms with E-state index in [2.05, 4.69) is 26.2 Å². The fourth-order valence-corrected chi connectivity index (χ4v) is 4.68. The van der Waals surface area contributed by atoms with Crippen LogP contribution in [0.1, 0.15) is 51.9 Å². The van der Waals surface area contributed by atoms with Crippen LogP contribution in [0.3, 0.4) is 0 Å². The minimum absolute atomic E-state index is 0.330. The van der Waals surface area contributed by atoms with Gasteiger partial charge in [-0.05, 0) is 56.5 Å². The van der Waals surface area contributed by atoms with Gasteiger partial charge in [0.1, 0.15) is 0 Å². The Morgan fingerprint density at radius 3 is 2.69 bits per heavy atom. The van der Waals surface area contributed by atoms with Crippen molar-refractivity contribution in [1.29, 1.82) is 0 Å². The molecule has 0 spiro atoms. The minimum atomic E-state index is 0.330. The fourth-order valence-electron chi connectivity index (χ4n) is 2.83. The molecule has 0 saturated heterocycles. The quantitative estimate of drug-likeness (QED) is 0.419. The lowest BCUT2D eigenvalue weighted by molar-refractivity contribution is 0.278. The van der Waals surface area contributed by atoms with Gasteiger partial charge < -0.3 is 0 Å². The van der Waals surface area contributed by atoms with E-state index in [0.717, 1.165) is 11.8 Å². The summed E-state index contributed by atoms with van der Waals surface area (Å²) in [5.74, 6) is 1.81. The lowest BCUT2D eigenvalue weighted by Crippen LogP contribution is -2.18. The Kier molecular flexibility index (Phi) is 7.37. The summed E-state index contributed by atoms with van der Waals surface area (Å²) in [5, 5.41) is 0. The van der Waals surface area contributed by atoms with Gasteiger partial charge in [-0.15, -0.1) is 14.5 Å². The Morgan fingerprint density at radius 1 is 1.25 bits per heavy atom. The molecule has 0 heterocycles. The van der Waals surface area contributed by atoms with E-state index >= 15 is 0 Å². The first kappa shape index (κ1) is 14.2. The molecule has 0 bridgehead atoms. The highest BCUT2D eigenvalue weighted by atomic mass is 31.1. The fraction of sp³-hybridized carbons (Fsp3) is 0.867. The van der Waals surface area contributed by atoms with Crippen molar-refractivity contribution in [1.82, 2.24) is 0 Å². The van der Waals surface area contributed by atoms with Gasteiger partial charge in [-0.2, -0.15) is 0 Å². The standard InChI is InChI=1S/C15H29P/c1-4-6-12-16(3)13-11-15-10-8-7-9-14(15)5-2/h5,14-15H,2,4,6-13H2,1,3H3. The van der Waals surface area contributed by atoms with E-state index in [1.807, 2.05) is 0 Å². The summed E-state index contributed by atoms with van der Waals surface area (Å²) in [5.41, 5.74) is 0. The largest absolute Gasteiger partial charge is 0.110 e. The van der Waals surface area contributed by atoms with Crippen LogP contribution in [0, 0.1) is 11.8 Å². The van der Waals surface area contributed by atoms with Crippen LogP contribution >= 0.6 is 7.92 Å². The number of hydrogen-bond acceptors (Lipinski definition) is 0. The third-order valence-corrected chi connectivity index (χ3v) is 6.15. The maximum atomic E-state index is 4.02. The molecule has 0 radical (unpaired) electrons. The monoisotopic (exact) mass is 240 g/mol. The van der Waals surface area contributed by atoms with E-state index in [-0.39, 0.29) is 0 Å². The molecule has 1 saturated carbocycles. The van der Waals surface area contributed by atoms with Crippen LogP contribution in [-0.2, 0) is 0 Å². The molecular weight excluding hydrogens is 211 g/mol. The van der Waals surface area contributed by atoms with Gasteiger partial charge in [0.2, 0.25) is 0 Å². The number of unbranched alkanes of at least 4 members (excludes halogenated alkanes) is 1. The highest BCUT2D eigenvalue weighted by Gasteiger charge is 2.22. The topological polar surface area (TPSA) is 0 Å². The van der Waals surface area contributed by atoms with Crippen LogP contribution in [0.4, 0.5) is 0 Å². The van der Waals surface area contributed by atoms with Crippen LogP contribution in [0.5, 0.6) is 0 Å². The maximum Gasteiger partial charge on any atom is -0.0208 e. The molecule has 1 aliphatic rings. The van der Waals surface area contributed by atoms with Gasteiger partial charge in [-0.1, -0.05) is 32.3 Å². The second kappa shape index (κ2) is 8.29. The third kappa shape index (κ3) is 5.00. The second-order valence-corrected chi connectivity index (χ2v) is 8.00. The van der Waals surface area contributed by atoms with E-state index in [4.69, 9.17) is 0 Å². The summed E-state index contributed by atoms with van der Waals surface area (Å²) in [7, 11) is 0.330. The van der Waals surface area contributed by atoms with Crippen molar-refractivity contribution in [3.05, 3.63) is 12.7 Å². The normalized spacial score (nSPS) is 27.6. The molecule has 0 aliphatic heterocycles. The van der Waals surface area contributed by atoms with Crippen LogP contribution in [0.2, 0.25) is 0 Å². The molecule has 0 amide bonds. The van der Waals surface area contributed by atoms with Gasteiger partial charge in [0, 0.05) is 0 Å². The molecule has 3 atom stereocenters. The summed E-state index contributed by atoms with van der Waals surface area (Å²) in [4.78, 5) is 0. The Bertz CT molecular complexity index is 188. The lowest BCUT2D eigenvalue weighted by atomic mass is 9.78. The van der Waals surface area contributed by atoms with Crippen molar-refractivity contribution in [2.24, 2.45) is 11.8 Å². The molecule has 1 rings (SSSR count). The second-order valence-electron chi connectivity index (χ2n) is 5.39. The predicted molar refractivity (Wildman–Crippen MR) is 77.7 cm³/mol. The van der Waals surface area contributed by atoms with Crippen molar-refractivity contribution < 1.29 is 0 Å². The first-order valence-corrected chi connectivity index (χ1v) is 9.25. The zero-order chi connectivity index (χ0) is 11.8. The van der Waals surface area contributed by atoms with Crippen molar-refractivity contribution in [3.63, 3.8) is 0 Å². The highest BCUT2D eigenvalue weighted by Crippen LogP contribution is 2.39. The van der Waals surface area contributed by atoms with Gasteiger partial charge in [-0.25, -0.2) is 0 Å². The van der Waals surface area contributed by atoms with Gasteiger partial charge >= 0.3 is 0 Å².